The molecule has 2 heteroatoms. The largest absolute Gasteiger partial charge is 0.299 e. The molecule has 0 radical (unpaired) electrons. The average molecular weight is 207 g/mol. The lowest BCUT2D eigenvalue weighted by Crippen LogP contribution is -2.31. The summed E-state index contributed by atoms with van der Waals surface area (Å²) in [6.07, 6.45) is 11.0. The number of carbonyl (C=O) groups excluding carboxylic acids is 1. The number of ketones is 1. The molecule has 0 atom stereocenters. The van der Waals surface area contributed by atoms with Crippen LogP contribution in [0.25, 0.3) is 0 Å². The van der Waals surface area contributed by atoms with Gasteiger partial charge in [-0.1, -0.05) is 19.3 Å². The number of hydrogen-bond acceptors (Lipinski definition) is 2. The summed E-state index contributed by atoms with van der Waals surface area (Å²) >= 11 is 0. The number of nitrogens with one attached hydrogen (secondary N) is 1. The first-order chi connectivity index (χ1) is 7.27. The Morgan fingerprint density at radius 1 is 1.40 bits per heavy atom. The Balaban J connectivity index is 2.21. The van der Waals surface area contributed by atoms with E-state index in [1.165, 1.54) is 19.3 Å². The van der Waals surface area contributed by atoms with E-state index >= 15 is 0 Å². The maximum absolute atomic E-state index is 11.7. The molecular weight excluding hydrogens is 186 g/mol. The fourth-order valence-electron chi connectivity index (χ4n) is 2.29. The Labute approximate surface area is 92.8 Å². The quantitative estimate of drug-likeness (QED) is 0.552. The Morgan fingerprint density at radius 2 is 2.07 bits per heavy atom. The van der Waals surface area contributed by atoms with Crippen LogP contribution >= 0.6 is 0 Å². The normalized spacial score (nSPS) is 25.9. The average Bonchev–Trinajstić information content (AvgIpc) is 2.29. The highest BCUT2D eigenvalue weighted by atomic mass is 16.1. The van der Waals surface area contributed by atoms with Crippen molar-refractivity contribution in [1.29, 1.82) is 0 Å². The van der Waals surface area contributed by atoms with E-state index in [1.54, 1.807) is 0 Å². The predicted molar refractivity (Wildman–Crippen MR) is 62.4 cm³/mol. The van der Waals surface area contributed by atoms with Gasteiger partial charge in [-0.15, -0.1) is 6.42 Å². The molecule has 1 aliphatic carbocycles. The molecule has 1 fully saturated rings. The molecule has 0 bridgehead atoms. The van der Waals surface area contributed by atoms with Gasteiger partial charge in [-0.2, -0.15) is 0 Å². The molecule has 0 aromatic rings. The van der Waals surface area contributed by atoms with E-state index < -0.39 is 0 Å². The summed E-state index contributed by atoms with van der Waals surface area (Å²) < 4.78 is 0. The van der Waals surface area contributed by atoms with Crippen molar-refractivity contribution in [2.24, 2.45) is 11.8 Å². The van der Waals surface area contributed by atoms with Crippen LogP contribution in [0.4, 0.5) is 0 Å². The number of hydrogen-bond donors (Lipinski definition) is 1. The second-order valence-corrected chi connectivity index (χ2v) is 4.40. The third kappa shape index (κ3) is 4.05. The molecule has 0 unspecified atom stereocenters. The summed E-state index contributed by atoms with van der Waals surface area (Å²) in [7, 11) is 0. The summed E-state index contributed by atoms with van der Waals surface area (Å²) in [5.41, 5.74) is 0. The minimum atomic E-state index is 0.290. The molecule has 1 rings (SSSR count). The van der Waals surface area contributed by atoms with Gasteiger partial charge >= 0.3 is 0 Å². The molecule has 1 saturated carbocycles. The van der Waals surface area contributed by atoms with Crippen LogP contribution in [-0.4, -0.2) is 18.9 Å². The van der Waals surface area contributed by atoms with Crippen molar-refractivity contribution in [3.05, 3.63) is 0 Å². The lowest BCUT2D eigenvalue weighted by atomic mass is 9.79. The minimum absolute atomic E-state index is 0.290. The number of rotatable bonds is 5. The molecular formula is C13H21NO. The van der Waals surface area contributed by atoms with Gasteiger partial charge in [0.25, 0.3) is 0 Å². The van der Waals surface area contributed by atoms with Crippen molar-refractivity contribution in [2.75, 3.05) is 13.1 Å². The molecule has 1 aliphatic rings. The Bertz CT molecular complexity index is 233. The zero-order valence-corrected chi connectivity index (χ0v) is 9.59. The van der Waals surface area contributed by atoms with E-state index in [0.717, 1.165) is 18.8 Å². The molecule has 0 aromatic heterocycles. The SMILES string of the molecule is C#CCNCC(=O)C1CCC(CC)CC1. The molecule has 0 spiro atoms. The molecule has 0 heterocycles. The van der Waals surface area contributed by atoms with Crippen LogP contribution in [0.5, 0.6) is 0 Å². The van der Waals surface area contributed by atoms with Gasteiger partial charge in [0.2, 0.25) is 0 Å². The van der Waals surface area contributed by atoms with Crippen molar-refractivity contribution in [3.63, 3.8) is 0 Å². The minimum Gasteiger partial charge on any atom is -0.299 e. The predicted octanol–water partition coefficient (Wildman–Crippen LogP) is 1.99. The highest BCUT2D eigenvalue weighted by molar-refractivity contribution is 5.83. The third-order valence-corrected chi connectivity index (χ3v) is 3.41. The highest BCUT2D eigenvalue weighted by Crippen LogP contribution is 2.30. The number of terminal acetylenes is 1. The van der Waals surface area contributed by atoms with Crippen molar-refractivity contribution < 1.29 is 4.79 Å². The van der Waals surface area contributed by atoms with E-state index in [9.17, 15) is 4.79 Å². The first kappa shape index (κ1) is 12.3. The van der Waals surface area contributed by atoms with E-state index in [-0.39, 0.29) is 5.92 Å². The van der Waals surface area contributed by atoms with Gasteiger partial charge < -0.3 is 0 Å². The fourth-order valence-corrected chi connectivity index (χ4v) is 2.29. The van der Waals surface area contributed by atoms with Crippen molar-refractivity contribution in [3.8, 4) is 12.3 Å². The van der Waals surface area contributed by atoms with Crippen LogP contribution in [0.2, 0.25) is 0 Å². The zero-order chi connectivity index (χ0) is 11.1. The molecule has 0 amide bonds. The van der Waals surface area contributed by atoms with Crippen LogP contribution in [-0.2, 0) is 4.79 Å². The number of Topliss-reactive ketones (excluding diaryl/α,β-unsaturated/α-hetero) is 1. The van der Waals surface area contributed by atoms with Crippen LogP contribution < -0.4 is 5.32 Å². The Morgan fingerprint density at radius 3 is 2.60 bits per heavy atom. The van der Waals surface area contributed by atoms with Gasteiger partial charge in [0.05, 0.1) is 13.1 Å². The van der Waals surface area contributed by atoms with Crippen molar-refractivity contribution in [2.45, 2.75) is 39.0 Å². The lowest BCUT2D eigenvalue weighted by Gasteiger charge is -2.26. The van der Waals surface area contributed by atoms with Gasteiger partial charge in [0.15, 0.2) is 0 Å². The van der Waals surface area contributed by atoms with Crippen LogP contribution in [0.3, 0.4) is 0 Å². The zero-order valence-electron chi connectivity index (χ0n) is 9.59. The second kappa shape index (κ2) is 6.63. The fraction of sp³-hybridized carbons (Fsp3) is 0.769. The van der Waals surface area contributed by atoms with Crippen molar-refractivity contribution >= 4 is 5.78 Å². The highest BCUT2D eigenvalue weighted by Gasteiger charge is 2.24. The number of carbonyl (C=O) groups is 1. The molecule has 2 nitrogen and oxygen atoms in total. The smallest absolute Gasteiger partial charge is 0.149 e. The van der Waals surface area contributed by atoms with Crippen LogP contribution in [0, 0.1) is 24.2 Å². The summed E-state index contributed by atoms with van der Waals surface area (Å²) in [5.74, 6) is 3.97. The third-order valence-electron chi connectivity index (χ3n) is 3.41. The van der Waals surface area contributed by atoms with Gasteiger partial charge in [-0.3, -0.25) is 10.1 Å². The van der Waals surface area contributed by atoms with Gasteiger partial charge in [0, 0.05) is 5.92 Å². The Kier molecular flexibility index (Phi) is 5.42. The van der Waals surface area contributed by atoms with Crippen LogP contribution in [0.1, 0.15) is 39.0 Å². The van der Waals surface area contributed by atoms with Crippen molar-refractivity contribution in [1.82, 2.24) is 5.32 Å². The van der Waals surface area contributed by atoms with Crippen LogP contribution in [0.15, 0.2) is 0 Å². The van der Waals surface area contributed by atoms with E-state index in [1.807, 2.05) is 0 Å². The summed E-state index contributed by atoms with van der Waals surface area (Å²) in [6.45, 7) is 3.18. The summed E-state index contributed by atoms with van der Waals surface area (Å²) in [6, 6.07) is 0. The van der Waals surface area contributed by atoms with E-state index in [2.05, 4.69) is 18.2 Å². The standard InChI is InChI=1S/C13H21NO/c1-3-9-14-10-13(15)12-7-5-11(4-2)6-8-12/h1,11-12,14H,4-10H2,2H3. The molecule has 1 N–H and O–H groups in total. The monoisotopic (exact) mass is 207 g/mol. The summed E-state index contributed by atoms with van der Waals surface area (Å²) in [4.78, 5) is 11.7. The van der Waals surface area contributed by atoms with E-state index in [0.29, 0.717) is 18.9 Å². The Hall–Kier alpha value is -0.810. The molecule has 15 heavy (non-hydrogen) atoms. The first-order valence-corrected chi connectivity index (χ1v) is 5.94. The molecule has 0 aromatic carbocycles. The van der Waals surface area contributed by atoms with Gasteiger partial charge in [-0.05, 0) is 31.6 Å². The maximum atomic E-state index is 11.7. The maximum Gasteiger partial charge on any atom is 0.149 e. The molecule has 0 saturated heterocycles. The topological polar surface area (TPSA) is 29.1 Å². The summed E-state index contributed by atoms with van der Waals surface area (Å²) in [5, 5.41) is 2.97. The van der Waals surface area contributed by atoms with Gasteiger partial charge in [-0.25, -0.2) is 0 Å². The first-order valence-electron chi connectivity index (χ1n) is 5.94. The van der Waals surface area contributed by atoms with E-state index in [4.69, 9.17) is 6.42 Å². The molecule has 0 aliphatic heterocycles. The van der Waals surface area contributed by atoms with Gasteiger partial charge in [0.1, 0.15) is 5.78 Å². The second-order valence-electron chi connectivity index (χ2n) is 4.40. The lowest BCUT2D eigenvalue weighted by molar-refractivity contribution is -0.123. The molecule has 84 valence electrons.